The average molecular weight is 368 g/mol. The fourth-order valence-corrected chi connectivity index (χ4v) is 3.44. The Morgan fingerprint density at radius 2 is 1.93 bits per heavy atom. The summed E-state index contributed by atoms with van der Waals surface area (Å²) in [5.41, 5.74) is 1.58. The summed E-state index contributed by atoms with van der Waals surface area (Å²) in [4.78, 5) is 31.5. The Morgan fingerprint density at radius 1 is 1.22 bits per heavy atom. The maximum Gasteiger partial charge on any atom is 0.269 e. The number of rotatable bonds is 6. The first-order valence-corrected chi connectivity index (χ1v) is 9.18. The van der Waals surface area contributed by atoms with Crippen LogP contribution in [0.15, 0.2) is 48.7 Å². The van der Waals surface area contributed by atoms with Crippen molar-refractivity contribution < 1.29 is 9.72 Å². The van der Waals surface area contributed by atoms with Crippen molar-refractivity contribution in [1.29, 1.82) is 0 Å². The Balaban J connectivity index is 1.49. The van der Waals surface area contributed by atoms with E-state index in [1.807, 2.05) is 31.4 Å². The highest BCUT2D eigenvalue weighted by Gasteiger charge is 2.26. The molecule has 1 saturated heterocycles. The number of non-ortho nitro benzene ring substituents is 1. The second-order valence-corrected chi connectivity index (χ2v) is 6.86. The molecule has 3 rings (SSSR count). The number of carbonyl (C=O) groups is 1. The normalized spacial score (nSPS) is 15.4. The van der Waals surface area contributed by atoms with Crippen molar-refractivity contribution in [3.8, 4) is 0 Å². The van der Waals surface area contributed by atoms with Gasteiger partial charge in [0.05, 0.1) is 4.92 Å². The Bertz CT molecular complexity index is 772. The van der Waals surface area contributed by atoms with Crippen LogP contribution in [0.5, 0.6) is 0 Å². The molecule has 0 radical (unpaired) electrons. The zero-order chi connectivity index (χ0) is 19.2. The van der Waals surface area contributed by atoms with Crippen LogP contribution in [0.1, 0.15) is 28.9 Å². The molecule has 27 heavy (non-hydrogen) atoms. The van der Waals surface area contributed by atoms with Crippen LogP contribution in [0.3, 0.4) is 0 Å². The molecule has 0 spiro atoms. The first-order chi connectivity index (χ1) is 13.0. The van der Waals surface area contributed by atoms with Crippen LogP contribution in [-0.2, 0) is 6.42 Å². The molecule has 2 heterocycles. The highest BCUT2D eigenvalue weighted by molar-refractivity contribution is 5.94. The van der Waals surface area contributed by atoms with E-state index in [0.29, 0.717) is 5.56 Å². The zero-order valence-corrected chi connectivity index (χ0v) is 15.5. The molecule has 1 fully saturated rings. The smallest absolute Gasteiger partial charge is 0.269 e. The Labute approximate surface area is 158 Å². The fraction of sp³-hybridized carbons (Fsp3) is 0.400. The molecule has 1 aliphatic rings. The third kappa shape index (κ3) is 4.89. The molecule has 1 aliphatic heterocycles. The van der Waals surface area contributed by atoms with Gasteiger partial charge in [-0.25, -0.2) is 0 Å². The Hall–Kier alpha value is -2.80. The minimum absolute atomic E-state index is 0.00424. The van der Waals surface area contributed by atoms with Crippen molar-refractivity contribution in [1.82, 2.24) is 14.8 Å². The lowest BCUT2D eigenvalue weighted by Crippen LogP contribution is -2.46. The molecular formula is C20H24N4O3. The first-order valence-electron chi connectivity index (χ1n) is 9.18. The second kappa shape index (κ2) is 8.73. The van der Waals surface area contributed by atoms with E-state index in [1.54, 1.807) is 4.90 Å². The van der Waals surface area contributed by atoms with Gasteiger partial charge < -0.3 is 9.80 Å². The molecule has 1 aromatic heterocycles. The largest absolute Gasteiger partial charge is 0.339 e. The highest BCUT2D eigenvalue weighted by atomic mass is 16.6. The van der Waals surface area contributed by atoms with Crippen LogP contribution >= 0.6 is 0 Å². The van der Waals surface area contributed by atoms with E-state index in [9.17, 15) is 14.9 Å². The molecule has 7 nitrogen and oxygen atoms in total. The van der Waals surface area contributed by atoms with Crippen LogP contribution in [0, 0.1) is 10.1 Å². The predicted molar refractivity (Wildman–Crippen MR) is 103 cm³/mol. The van der Waals surface area contributed by atoms with E-state index in [-0.39, 0.29) is 17.6 Å². The SMILES string of the molecule is CN(C(=O)c1ccc([N+](=O)[O-])cc1)C1CCN(CCc2ccccn2)CC1. The summed E-state index contributed by atoms with van der Waals surface area (Å²) in [5, 5.41) is 10.7. The maximum atomic E-state index is 12.7. The molecule has 1 amide bonds. The first kappa shape index (κ1) is 19.0. The number of hydrogen-bond donors (Lipinski definition) is 0. The highest BCUT2D eigenvalue weighted by Crippen LogP contribution is 2.19. The molecule has 7 heteroatoms. The third-order valence-corrected chi connectivity index (χ3v) is 5.16. The fourth-order valence-electron chi connectivity index (χ4n) is 3.44. The van der Waals surface area contributed by atoms with Crippen molar-refractivity contribution in [2.45, 2.75) is 25.3 Å². The summed E-state index contributed by atoms with van der Waals surface area (Å²) in [5.74, 6) is -0.0863. The number of aromatic nitrogens is 1. The van der Waals surface area contributed by atoms with Gasteiger partial charge in [0.25, 0.3) is 11.6 Å². The van der Waals surface area contributed by atoms with Gasteiger partial charge in [-0.3, -0.25) is 19.9 Å². The van der Waals surface area contributed by atoms with Crippen molar-refractivity contribution in [2.24, 2.45) is 0 Å². The van der Waals surface area contributed by atoms with Crippen molar-refractivity contribution in [3.63, 3.8) is 0 Å². The number of carbonyl (C=O) groups excluding carboxylic acids is 1. The summed E-state index contributed by atoms with van der Waals surface area (Å²) in [6, 6.07) is 12.0. The lowest BCUT2D eigenvalue weighted by atomic mass is 10.0. The maximum absolute atomic E-state index is 12.7. The Kier molecular flexibility index (Phi) is 6.13. The molecule has 0 bridgehead atoms. The van der Waals surface area contributed by atoms with E-state index >= 15 is 0 Å². The molecule has 0 N–H and O–H groups in total. The average Bonchev–Trinajstić information content (AvgIpc) is 2.72. The Morgan fingerprint density at radius 3 is 2.52 bits per heavy atom. The van der Waals surface area contributed by atoms with Crippen LogP contribution in [0.25, 0.3) is 0 Å². The lowest BCUT2D eigenvalue weighted by Gasteiger charge is -2.36. The van der Waals surface area contributed by atoms with Crippen LogP contribution < -0.4 is 0 Å². The van der Waals surface area contributed by atoms with Crippen LogP contribution in [-0.4, -0.2) is 58.3 Å². The van der Waals surface area contributed by atoms with Gasteiger partial charge >= 0.3 is 0 Å². The summed E-state index contributed by atoms with van der Waals surface area (Å²) in [6.45, 7) is 2.88. The van der Waals surface area contributed by atoms with Crippen molar-refractivity contribution in [2.75, 3.05) is 26.7 Å². The van der Waals surface area contributed by atoms with Gasteiger partial charge in [-0.05, 0) is 37.1 Å². The van der Waals surface area contributed by atoms with Gasteiger partial charge in [-0.2, -0.15) is 0 Å². The molecule has 1 aromatic carbocycles. The van der Waals surface area contributed by atoms with Crippen LogP contribution in [0.2, 0.25) is 0 Å². The van der Waals surface area contributed by atoms with E-state index in [2.05, 4.69) is 9.88 Å². The number of piperidine rings is 1. The quantitative estimate of drug-likeness (QED) is 0.579. The number of nitro groups is 1. The molecule has 0 unspecified atom stereocenters. The van der Waals surface area contributed by atoms with Crippen LogP contribution in [0.4, 0.5) is 5.69 Å². The van der Waals surface area contributed by atoms with Gasteiger partial charge in [0.1, 0.15) is 0 Å². The van der Waals surface area contributed by atoms with E-state index < -0.39 is 4.92 Å². The van der Waals surface area contributed by atoms with Gasteiger partial charge in [-0.1, -0.05) is 6.07 Å². The molecular weight excluding hydrogens is 344 g/mol. The lowest BCUT2D eigenvalue weighted by molar-refractivity contribution is -0.384. The summed E-state index contributed by atoms with van der Waals surface area (Å²) in [6.07, 6.45) is 4.61. The third-order valence-electron chi connectivity index (χ3n) is 5.16. The number of amides is 1. The number of likely N-dealkylation sites (tertiary alicyclic amines) is 1. The number of benzene rings is 1. The molecule has 142 valence electrons. The van der Waals surface area contributed by atoms with Gasteiger partial charge in [-0.15, -0.1) is 0 Å². The van der Waals surface area contributed by atoms with Gasteiger partial charge in [0.15, 0.2) is 0 Å². The number of nitrogens with zero attached hydrogens (tertiary/aromatic N) is 4. The summed E-state index contributed by atoms with van der Waals surface area (Å²) >= 11 is 0. The molecule has 0 atom stereocenters. The standard InChI is InChI=1S/C20H24N4O3/c1-22(20(25)16-5-7-19(8-6-16)24(26)27)18-10-14-23(15-11-18)13-9-17-4-2-3-12-21-17/h2-8,12,18H,9-11,13-15H2,1H3. The van der Waals surface area contributed by atoms with E-state index in [4.69, 9.17) is 0 Å². The van der Waals surface area contributed by atoms with Crippen molar-refractivity contribution in [3.05, 3.63) is 70.0 Å². The molecule has 0 saturated carbocycles. The second-order valence-electron chi connectivity index (χ2n) is 6.86. The van der Waals surface area contributed by atoms with E-state index in [1.165, 1.54) is 24.3 Å². The van der Waals surface area contributed by atoms with Gasteiger partial charge in [0.2, 0.25) is 0 Å². The summed E-state index contributed by atoms with van der Waals surface area (Å²) in [7, 11) is 1.82. The topological polar surface area (TPSA) is 79.6 Å². The predicted octanol–water partition coefficient (Wildman–Crippen LogP) is 2.77. The number of pyridine rings is 1. The number of nitro benzene ring substituents is 1. The zero-order valence-electron chi connectivity index (χ0n) is 15.5. The monoisotopic (exact) mass is 368 g/mol. The molecule has 0 aliphatic carbocycles. The minimum atomic E-state index is -0.460. The minimum Gasteiger partial charge on any atom is -0.339 e. The number of hydrogen-bond acceptors (Lipinski definition) is 5. The van der Waals surface area contributed by atoms with E-state index in [0.717, 1.165) is 44.6 Å². The molecule has 2 aromatic rings. The van der Waals surface area contributed by atoms with Gasteiger partial charge in [0, 0.05) is 68.7 Å². The summed E-state index contributed by atoms with van der Waals surface area (Å²) < 4.78 is 0. The van der Waals surface area contributed by atoms with Crippen molar-refractivity contribution >= 4 is 11.6 Å².